The van der Waals surface area contributed by atoms with E-state index in [0.29, 0.717) is 0 Å². The molecule has 2 heterocycles. The number of nitrogen functional groups attached to an aromatic ring is 1. The maximum absolute atomic E-state index is 6.18. The number of fused-ring (bicyclic) bond motifs is 1. The molecule has 2 N–H and O–H groups in total. The number of thiophene rings is 1. The Hall–Kier alpha value is -1.79. The molecule has 6 heteroatoms. The molecule has 0 aliphatic heterocycles. The first kappa shape index (κ1) is 20.0. The quantitative estimate of drug-likeness (QED) is 0.242. The highest BCUT2D eigenvalue weighted by Gasteiger charge is 2.14. The van der Waals surface area contributed by atoms with E-state index in [1.807, 2.05) is 23.8 Å². The molecule has 0 saturated carbocycles. The van der Waals surface area contributed by atoms with Crippen molar-refractivity contribution in [2.45, 2.75) is 50.6 Å². The standard InChI is InChI=1S/C21H27N3OS2/c1-3-4-5-6-7-8-12-25-16-11-9-10-15(13-16)19-18-17(22)14-27-20(18)24-21(23-19)26-2/h9-11,13-14H,3-8,12,22H2,1-2H3. The largest absolute Gasteiger partial charge is 0.494 e. The van der Waals surface area contributed by atoms with Gasteiger partial charge in [-0.25, -0.2) is 9.97 Å². The lowest BCUT2D eigenvalue weighted by Crippen LogP contribution is -1.98. The van der Waals surface area contributed by atoms with E-state index in [4.69, 9.17) is 15.5 Å². The fourth-order valence-electron chi connectivity index (χ4n) is 3.05. The maximum Gasteiger partial charge on any atom is 0.189 e. The van der Waals surface area contributed by atoms with Gasteiger partial charge in [0.1, 0.15) is 10.6 Å². The summed E-state index contributed by atoms with van der Waals surface area (Å²) in [4.78, 5) is 10.2. The molecule has 0 saturated heterocycles. The average Bonchev–Trinajstić information content (AvgIpc) is 3.07. The topological polar surface area (TPSA) is 61.0 Å². The second kappa shape index (κ2) is 9.95. The number of ether oxygens (including phenoxy) is 1. The predicted molar refractivity (Wildman–Crippen MR) is 118 cm³/mol. The molecule has 3 rings (SSSR count). The predicted octanol–water partition coefficient (Wildman–Crippen LogP) is 6.40. The molecule has 0 aliphatic carbocycles. The van der Waals surface area contributed by atoms with Crippen LogP contribution in [0.4, 0.5) is 5.69 Å². The summed E-state index contributed by atoms with van der Waals surface area (Å²) >= 11 is 3.10. The van der Waals surface area contributed by atoms with Crippen molar-refractivity contribution < 1.29 is 4.74 Å². The van der Waals surface area contributed by atoms with Gasteiger partial charge in [0.15, 0.2) is 5.16 Å². The first-order valence-corrected chi connectivity index (χ1v) is 11.6. The molecule has 0 radical (unpaired) electrons. The highest BCUT2D eigenvalue weighted by Crippen LogP contribution is 2.36. The van der Waals surface area contributed by atoms with Crippen molar-refractivity contribution in [1.29, 1.82) is 0 Å². The van der Waals surface area contributed by atoms with Crippen LogP contribution in [-0.2, 0) is 0 Å². The Labute approximate surface area is 169 Å². The third-order valence-electron chi connectivity index (χ3n) is 4.50. The van der Waals surface area contributed by atoms with Crippen LogP contribution in [0.15, 0.2) is 34.8 Å². The van der Waals surface area contributed by atoms with Crippen molar-refractivity contribution in [1.82, 2.24) is 9.97 Å². The average molecular weight is 402 g/mol. The summed E-state index contributed by atoms with van der Waals surface area (Å²) in [7, 11) is 0. The number of nitrogens with zero attached hydrogens (tertiary/aromatic N) is 2. The van der Waals surface area contributed by atoms with E-state index in [1.165, 1.54) is 32.1 Å². The van der Waals surface area contributed by atoms with E-state index in [9.17, 15) is 0 Å². The molecule has 0 unspecified atom stereocenters. The zero-order valence-electron chi connectivity index (χ0n) is 16.0. The van der Waals surface area contributed by atoms with Gasteiger partial charge in [0.2, 0.25) is 0 Å². The van der Waals surface area contributed by atoms with Gasteiger partial charge >= 0.3 is 0 Å². The number of hydrogen-bond donors (Lipinski definition) is 1. The molecule has 1 aromatic carbocycles. The number of unbranched alkanes of at least 4 members (excludes halogenated alkanes) is 5. The highest BCUT2D eigenvalue weighted by molar-refractivity contribution is 7.98. The van der Waals surface area contributed by atoms with Crippen molar-refractivity contribution >= 4 is 39.0 Å². The number of benzene rings is 1. The molecular formula is C21H27N3OS2. The minimum Gasteiger partial charge on any atom is -0.494 e. The first-order valence-electron chi connectivity index (χ1n) is 9.55. The van der Waals surface area contributed by atoms with Crippen LogP contribution in [0.25, 0.3) is 21.5 Å². The molecule has 27 heavy (non-hydrogen) atoms. The van der Waals surface area contributed by atoms with Crippen molar-refractivity contribution in [3.05, 3.63) is 29.6 Å². The highest BCUT2D eigenvalue weighted by atomic mass is 32.2. The summed E-state index contributed by atoms with van der Waals surface area (Å²) in [5.41, 5.74) is 8.82. The molecule has 2 aromatic heterocycles. The first-order chi connectivity index (χ1) is 13.2. The van der Waals surface area contributed by atoms with Gasteiger partial charge in [-0.05, 0) is 24.8 Å². The van der Waals surface area contributed by atoms with Crippen LogP contribution in [0.5, 0.6) is 5.75 Å². The number of aromatic nitrogens is 2. The van der Waals surface area contributed by atoms with E-state index in [1.54, 1.807) is 23.1 Å². The van der Waals surface area contributed by atoms with Gasteiger partial charge in [0.05, 0.1) is 23.4 Å². The molecule has 4 nitrogen and oxygen atoms in total. The number of hydrogen-bond acceptors (Lipinski definition) is 6. The zero-order chi connectivity index (χ0) is 19.1. The van der Waals surface area contributed by atoms with Crippen LogP contribution in [-0.4, -0.2) is 22.8 Å². The van der Waals surface area contributed by atoms with Crippen LogP contribution >= 0.6 is 23.1 Å². The molecule has 0 amide bonds. The summed E-state index contributed by atoms with van der Waals surface area (Å²) in [5.74, 6) is 0.882. The second-order valence-electron chi connectivity index (χ2n) is 6.57. The van der Waals surface area contributed by atoms with Crippen LogP contribution < -0.4 is 10.5 Å². The van der Waals surface area contributed by atoms with E-state index >= 15 is 0 Å². The minimum atomic E-state index is 0.732. The van der Waals surface area contributed by atoms with Crippen molar-refractivity contribution in [2.75, 3.05) is 18.6 Å². The van der Waals surface area contributed by atoms with Crippen LogP contribution in [0.3, 0.4) is 0 Å². The molecular weight excluding hydrogens is 374 g/mol. The normalized spacial score (nSPS) is 11.2. The van der Waals surface area contributed by atoms with Crippen LogP contribution in [0.2, 0.25) is 0 Å². The van der Waals surface area contributed by atoms with E-state index in [2.05, 4.69) is 24.0 Å². The van der Waals surface area contributed by atoms with Gasteiger partial charge in [-0.2, -0.15) is 0 Å². The summed E-state index contributed by atoms with van der Waals surface area (Å²) in [5, 5.41) is 3.63. The fraction of sp³-hybridized carbons (Fsp3) is 0.429. The Balaban J connectivity index is 1.72. The Morgan fingerprint density at radius 1 is 1.11 bits per heavy atom. The molecule has 0 spiro atoms. The van der Waals surface area contributed by atoms with Gasteiger partial charge in [-0.3, -0.25) is 0 Å². The summed E-state index contributed by atoms with van der Waals surface area (Å²) in [6.45, 7) is 3.00. The van der Waals surface area contributed by atoms with Gasteiger partial charge in [-0.1, -0.05) is 62.9 Å². The van der Waals surface area contributed by atoms with Gasteiger partial charge in [0.25, 0.3) is 0 Å². The molecule has 3 aromatic rings. The monoisotopic (exact) mass is 401 g/mol. The van der Waals surface area contributed by atoms with Crippen molar-refractivity contribution in [3.63, 3.8) is 0 Å². The third-order valence-corrected chi connectivity index (χ3v) is 5.94. The Morgan fingerprint density at radius 2 is 1.93 bits per heavy atom. The van der Waals surface area contributed by atoms with Gasteiger partial charge in [0, 0.05) is 10.9 Å². The Morgan fingerprint density at radius 3 is 2.74 bits per heavy atom. The third kappa shape index (κ3) is 5.14. The fourth-order valence-corrected chi connectivity index (χ4v) is 4.30. The number of thioether (sulfide) groups is 1. The van der Waals surface area contributed by atoms with E-state index in [0.717, 1.165) is 51.1 Å². The molecule has 0 fully saturated rings. The van der Waals surface area contributed by atoms with Gasteiger partial charge in [-0.15, -0.1) is 11.3 Å². The van der Waals surface area contributed by atoms with Crippen LogP contribution in [0, 0.1) is 0 Å². The lowest BCUT2D eigenvalue weighted by Gasteiger charge is -2.10. The minimum absolute atomic E-state index is 0.732. The lowest BCUT2D eigenvalue weighted by atomic mass is 10.1. The van der Waals surface area contributed by atoms with Crippen molar-refractivity contribution in [3.8, 4) is 17.0 Å². The summed E-state index contributed by atoms with van der Waals surface area (Å²) < 4.78 is 5.98. The van der Waals surface area contributed by atoms with Crippen molar-refractivity contribution in [2.24, 2.45) is 0 Å². The SMILES string of the molecule is CCCCCCCCOc1cccc(-c2nc(SC)nc3scc(N)c23)c1. The number of rotatable bonds is 10. The Bertz CT molecular complexity index is 879. The smallest absolute Gasteiger partial charge is 0.189 e. The lowest BCUT2D eigenvalue weighted by molar-refractivity contribution is 0.304. The second-order valence-corrected chi connectivity index (χ2v) is 8.21. The Kier molecular flexibility index (Phi) is 7.35. The summed E-state index contributed by atoms with van der Waals surface area (Å²) in [6.07, 6.45) is 9.56. The molecule has 144 valence electrons. The summed E-state index contributed by atoms with van der Waals surface area (Å²) in [6, 6.07) is 8.13. The van der Waals surface area contributed by atoms with Crippen LogP contribution in [0.1, 0.15) is 45.4 Å². The molecule has 0 bridgehead atoms. The molecule has 0 atom stereocenters. The number of anilines is 1. The number of nitrogens with two attached hydrogens (primary N) is 1. The maximum atomic E-state index is 6.18. The van der Waals surface area contributed by atoms with E-state index in [-0.39, 0.29) is 0 Å². The zero-order valence-corrected chi connectivity index (χ0v) is 17.7. The van der Waals surface area contributed by atoms with Gasteiger partial charge < -0.3 is 10.5 Å². The van der Waals surface area contributed by atoms with E-state index < -0.39 is 0 Å². The molecule has 0 aliphatic rings.